The van der Waals surface area contributed by atoms with Crippen molar-refractivity contribution in [3.05, 3.63) is 30.1 Å². The molecule has 1 aromatic heterocycles. The number of amides is 1. The van der Waals surface area contributed by atoms with Crippen molar-refractivity contribution in [2.75, 3.05) is 33.2 Å². The van der Waals surface area contributed by atoms with Gasteiger partial charge in [0.1, 0.15) is 5.60 Å². The van der Waals surface area contributed by atoms with E-state index < -0.39 is 5.60 Å². The van der Waals surface area contributed by atoms with Crippen LogP contribution in [0.2, 0.25) is 0 Å². The van der Waals surface area contributed by atoms with E-state index in [-0.39, 0.29) is 30.1 Å². The first-order chi connectivity index (χ1) is 15.2. The van der Waals surface area contributed by atoms with Crippen molar-refractivity contribution >= 4 is 36.0 Å². The second-order valence-electron chi connectivity index (χ2n) is 9.66. The molecular formula is C24H43IN6O2. The van der Waals surface area contributed by atoms with Crippen molar-refractivity contribution in [1.82, 2.24) is 25.4 Å². The van der Waals surface area contributed by atoms with Crippen LogP contribution in [-0.4, -0.2) is 77.7 Å². The largest absolute Gasteiger partial charge is 0.444 e. The lowest BCUT2D eigenvalue weighted by molar-refractivity contribution is 0.0232. The molecule has 0 saturated carbocycles. The quantitative estimate of drug-likeness (QED) is 0.213. The van der Waals surface area contributed by atoms with E-state index in [1.807, 2.05) is 32.9 Å². The van der Waals surface area contributed by atoms with Crippen LogP contribution in [0, 0.1) is 0 Å². The predicted octanol–water partition coefficient (Wildman–Crippen LogP) is 3.86. The molecule has 0 spiro atoms. The van der Waals surface area contributed by atoms with E-state index in [1.165, 1.54) is 0 Å². The number of guanidine groups is 1. The van der Waals surface area contributed by atoms with Crippen molar-refractivity contribution in [3.63, 3.8) is 0 Å². The van der Waals surface area contributed by atoms with E-state index in [2.05, 4.69) is 39.4 Å². The smallest absolute Gasteiger partial charge is 0.410 e. The van der Waals surface area contributed by atoms with Crippen molar-refractivity contribution in [3.8, 4) is 0 Å². The highest BCUT2D eigenvalue weighted by Crippen LogP contribution is 2.14. The highest BCUT2D eigenvalue weighted by atomic mass is 127. The number of rotatable bonds is 8. The van der Waals surface area contributed by atoms with Gasteiger partial charge in [0, 0.05) is 57.7 Å². The number of likely N-dealkylation sites (tertiary alicyclic amines) is 1. The first-order valence-electron chi connectivity index (χ1n) is 11.8. The minimum absolute atomic E-state index is 0. The van der Waals surface area contributed by atoms with Crippen LogP contribution in [0.15, 0.2) is 29.5 Å². The Hall–Kier alpha value is -1.62. The van der Waals surface area contributed by atoms with Gasteiger partial charge in [0.2, 0.25) is 0 Å². The third-order valence-electron chi connectivity index (χ3n) is 5.47. The molecular weight excluding hydrogens is 531 g/mol. The van der Waals surface area contributed by atoms with Crippen LogP contribution in [0.25, 0.3) is 0 Å². The summed E-state index contributed by atoms with van der Waals surface area (Å²) in [6.07, 6.45) is 6.24. The lowest BCUT2D eigenvalue weighted by atomic mass is 10.0. The average Bonchev–Trinajstić information content (AvgIpc) is 2.74. The summed E-state index contributed by atoms with van der Waals surface area (Å²) in [5, 5.41) is 6.94. The highest BCUT2D eigenvalue weighted by Gasteiger charge is 2.23. The minimum Gasteiger partial charge on any atom is -0.444 e. The topological polar surface area (TPSA) is 82.1 Å². The molecule has 1 aliphatic heterocycles. The van der Waals surface area contributed by atoms with Crippen LogP contribution >= 0.6 is 24.0 Å². The Morgan fingerprint density at radius 3 is 2.58 bits per heavy atom. The number of aliphatic imine (C=N–C) groups is 1. The van der Waals surface area contributed by atoms with Crippen LogP contribution in [0.3, 0.4) is 0 Å². The first kappa shape index (κ1) is 29.4. The van der Waals surface area contributed by atoms with Gasteiger partial charge in [0.15, 0.2) is 5.96 Å². The number of piperidine rings is 1. The van der Waals surface area contributed by atoms with Crippen molar-refractivity contribution < 1.29 is 9.53 Å². The van der Waals surface area contributed by atoms with Crippen LogP contribution in [-0.2, 0) is 11.3 Å². The Kier molecular flexibility index (Phi) is 13.0. The number of carbonyl (C=O) groups excluding carboxylic acids is 1. The second kappa shape index (κ2) is 14.6. The maximum Gasteiger partial charge on any atom is 0.410 e. The summed E-state index contributed by atoms with van der Waals surface area (Å²) >= 11 is 0. The Balaban J connectivity index is 0.00000544. The molecule has 1 saturated heterocycles. The third-order valence-corrected chi connectivity index (χ3v) is 5.47. The lowest BCUT2D eigenvalue weighted by Gasteiger charge is -2.35. The number of aromatic nitrogens is 1. The zero-order valence-corrected chi connectivity index (χ0v) is 23.5. The van der Waals surface area contributed by atoms with Crippen LogP contribution < -0.4 is 10.6 Å². The van der Waals surface area contributed by atoms with E-state index in [0.717, 1.165) is 50.4 Å². The Morgan fingerprint density at radius 1 is 1.33 bits per heavy atom. The Labute approximate surface area is 217 Å². The van der Waals surface area contributed by atoms with Gasteiger partial charge < -0.3 is 25.2 Å². The summed E-state index contributed by atoms with van der Waals surface area (Å²) in [7, 11) is 1.80. The molecule has 1 amide bonds. The molecule has 1 fully saturated rings. The number of pyridine rings is 1. The molecule has 0 unspecified atom stereocenters. The molecule has 1 aromatic rings. The second-order valence-corrected chi connectivity index (χ2v) is 9.66. The molecule has 8 nitrogen and oxygen atoms in total. The number of nitrogens with one attached hydrogen (secondary N) is 2. The van der Waals surface area contributed by atoms with Crippen LogP contribution in [0.5, 0.6) is 0 Å². The van der Waals surface area contributed by atoms with Crippen molar-refractivity contribution in [1.29, 1.82) is 0 Å². The highest BCUT2D eigenvalue weighted by molar-refractivity contribution is 14.0. The SMILES string of the molecule is CN=C(NCCCN(Cc1cccnc1)C(=O)OC(C)(C)C)NC1CCN(C(C)C)CC1.I. The molecule has 2 N–H and O–H groups in total. The molecule has 2 rings (SSSR count). The van der Waals surface area contributed by atoms with Gasteiger partial charge >= 0.3 is 6.09 Å². The van der Waals surface area contributed by atoms with Crippen LogP contribution in [0.1, 0.15) is 59.4 Å². The Morgan fingerprint density at radius 2 is 2.03 bits per heavy atom. The zero-order valence-electron chi connectivity index (χ0n) is 21.1. The maximum atomic E-state index is 12.7. The summed E-state index contributed by atoms with van der Waals surface area (Å²) in [4.78, 5) is 25.5. The van der Waals surface area contributed by atoms with Gasteiger partial charge in [-0.15, -0.1) is 24.0 Å². The maximum absolute atomic E-state index is 12.7. The molecule has 188 valence electrons. The van der Waals surface area contributed by atoms with Gasteiger partial charge in [-0.05, 0) is 65.5 Å². The van der Waals surface area contributed by atoms with Gasteiger partial charge in [-0.25, -0.2) is 4.79 Å². The van der Waals surface area contributed by atoms with Gasteiger partial charge in [0.25, 0.3) is 0 Å². The summed E-state index contributed by atoms with van der Waals surface area (Å²) < 4.78 is 5.60. The van der Waals surface area contributed by atoms with Crippen molar-refractivity contribution in [2.24, 2.45) is 4.99 Å². The van der Waals surface area contributed by atoms with Gasteiger partial charge in [-0.1, -0.05) is 6.07 Å². The number of nitrogens with zero attached hydrogens (tertiary/aromatic N) is 4. The molecule has 0 bridgehead atoms. The number of hydrogen-bond acceptors (Lipinski definition) is 5. The molecule has 0 radical (unpaired) electrons. The minimum atomic E-state index is -0.528. The van der Waals surface area contributed by atoms with Gasteiger partial charge in [-0.3, -0.25) is 9.98 Å². The molecule has 0 aliphatic carbocycles. The standard InChI is InChI=1S/C24H42N6O2.HI/c1-19(2)29-15-10-21(11-16-29)28-22(25-6)27-13-8-14-30(23(31)32-24(3,4)5)18-20-9-7-12-26-17-20;/h7,9,12,17,19,21H,8,10-11,13-16,18H2,1-6H3,(H2,25,27,28);1H. The molecule has 1 aliphatic rings. The zero-order chi connectivity index (χ0) is 23.6. The number of hydrogen-bond donors (Lipinski definition) is 2. The fourth-order valence-corrected chi connectivity index (χ4v) is 3.70. The molecule has 2 heterocycles. The lowest BCUT2D eigenvalue weighted by Crippen LogP contribution is -2.50. The average molecular weight is 575 g/mol. The van der Waals surface area contributed by atoms with E-state index in [9.17, 15) is 4.79 Å². The van der Waals surface area contributed by atoms with E-state index in [0.29, 0.717) is 25.2 Å². The fourth-order valence-electron chi connectivity index (χ4n) is 3.70. The first-order valence-corrected chi connectivity index (χ1v) is 11.8. The summed E-state index contributed by atoms with van der Waals surface area (Å²) in [6, 6.07) is 4.90. The van der Waals surface area contributed by atoms with Gasteiger partial charge in [0.05, 0.1) is 6.54 Å². The summed E-state index contributed by atoms with van der Waals surface area (Å²) in [5.41, 5.74) is 0.455. The number of ether oxygens (including phenoxy) is 1. The van der Waals surface area contributed by atoms with Gasteiger partial charge in [-0.2, -0.15) is 0 Å². The monoisotopic (exact) mass is 574 g/mol. The van der Waals surface area contributed by atoms with Crippen LogP contribution in [0.4, 0.5) is 4.79 Å². The summed E-state index contributed by atoms with van der Waals surface area (Å²) in [6.45, 7) is 14.2. The van der Waals surface area contributed by atoms with E-state index in [1.54, 1.807) is 24.3 Å². The fraction of sp³-hybridized carbons (Fsp3) is 0.708. The van der Waals surface area contributed by atoms with Crippen molar-refractivity contribution in [2.45, 2.75) is 78.1 Å². The molecule has 0 atom stereocenters. The molecule has 33 heavy (non-hydrogen) atoms. The summed E-state index contributed by atoms with van der Waals surface area (Å²) in [5.74, 6) is 0.823. The normalized spacial score (nSPS) is 15.7. The predicted molar refractivity (Wildman–Crippen MR) is 145 cm³/mol. The Bertz CT molecular complexity index is 715. The molecule has 0 aromatic carbocycles. The molecule has 9 heteroatoms. The van der Waals surface area contributed by atoms with E-state index >= 15 is 0 Å². The third kappa shape index (κ3) is 11.4. The van der Waals surface area contributed by atoms with E-state index in [4.69, 9.17) is 4.74 Å². The number of carbonyl (C=O) groups is 1. The number of halogens is 1.